The molecular formula is C29H29N3O3. The summed E-state index contributed by atoms with van der Waals surface area (Å²) in [5, 5.41) is 12.8. The molecule has 0 unspecified atom stereocenters. The second-order valence-corrected chi connectivity index (χ2v) is 9.22. The zero-order chi connectivity index (χ0) is 25.0. The lowest BCUT2D eigenvalue weighted by molar-refractivity contribution is -0.142. The van der Waals surface area contributed by atoms with Crippen LogP contribution in [-0.2, 0) is 10.2 Å². The maximum Gasteiger partial charge on any atom is 0.313 e. The number of aromatic nitrogens is 2. The van der Waals surface area contributed by atoms with Crippen molar-refractivity contribution in [2.45, 2.75) is 39.0 Å². The van der Waals surface area contributed by atoms with Gasteiger partial charge in [-0.25, -0.2) is 9.97 Å². The van der Waals surface area contributed by atoms with Gasteiger partial charge in [0.1, 0.15) is 17.3 Å². The molecule has 0 atom stereocenters. The van der Waals surface area contributed by atoms with E-state index >= 15 is 0 Å². The maximum absolute atomic E-state index is 11.6. The lowest BCUT2D eigenvalue weighted by Crippen LogP contribution is -2.28. The van der Waals surface area contributed by atoms with E-state index in [0.29, 0.717) is 28.8 Å². The van der Waals surface area contributed by atoms with Crippen LogP contribution in [0.5, 0.6) is 11.5 Å². The largest absolute Gasteiger partial charge is 0.481 e. The SMILES string of the molecule is CC(C)c1ccc(Oc2ccnc(Nc3cccc(C(C)(C)C(=O)O)c3)c2)c(-c2ccccc2)n1. The molecule has 0 saturated carbocycles. The number of carboxylic acids is 1. The normalized spacial score (nSPS) is 11.3. The van der Waals surface area contributed by atoms with Crippen molar-refractivity contribution < 1.29 is 14.6 Å². The number of nitrogens with zero attached hydrogens (tertiary/aromatic N) is 2. The van der Waals surface area contributed by atoms with Gasteiger partial charge in [-0.1, -0.05) is 56.3 Å². The number of hydrogen-bond acceptors (Lipinski definition) is 5. The van der Waals surface area contributed by atoms with Crippen LogP contribution >= 0.6 is 0 Å². The summed E-state index contributed by atoms with van der Waals surface area (Å²) in [6.45, 7) is 7.60. The van der Waals surface area contributed by atoms with Crippen molar-refractivity contribution >= 4 is 17.5 Å². The Morgan fingerprint density at radius 1 is 0.971 bits per heavy atom. The van der Waals surface area contributed by atoms with E-state index in [0.717, 1.165) is 22.6 Å². The predicted molar refractivity (Wildman–Crippen MR) is 138 cm³/mol. The fourth-order valence-electron chi connectivity index (χ4n) is 3.60. The monoisotopic (exact) mass is 467 g/mol. The van der Waals surface area contributed by atoms with Crippen LogP contribution in [-0.4, -0.2) is 21.0 Å². The van der Waals surface area contributed by atoms with Crippen LogP contribution in [0.2, 0.25) is 0 Å². The lowest BCUT2D eigenvalue weighted by atomic mass is 9.84. The molecule has 6 heteroatoms. The molecule has 0 radical (unpaired) electrons. The van der Waals surface area contributed by atoms with Gasteiger partial charge < -0.3 is 15.2 Å². The molecule has 0 aliphatic heterocycles. The molecule has 0 fully saturated rings. The van der Waals surface area contributed by atoms with Crippen LogP contribution in [0.1, 0.15) is 44.9 Å². The van der Waals surface area contributed by atoms with Crippen molar-refractivity contribution in [2.75, 3.05) is 5.32 Å². The zero-order valence-corrected chi connectivity index (χ0v) is 20.3. The Morgan fingerprint density at radius 3 is 2.46 bits per heavy atom. The summed E-state index contributed by atoms with van der Waals surface area (Å²) in [7, 11) is 0. The first-order valence-electron chi connectivity index (χ1n) is 11.6. The summed E-state index contributed by atoms with van der Waals surface area (Å²) in [4.78, 5) is 20.9. The number of hydrogen-bond donors (Lipinski definition) is 2. The number of benzene rings is 2. The molecule has 6 nitrogen and oxygen atoms in total. The fourth-order valence-corrected chi connectivity index (χ4v) is 3.60. The Hall–Kier alpha value is -4.19. The molecule has 2 aromatic heterocycles. The molecule has 2 heterocycles. The molecule has 0 aliphatic carbocycles. The van der Waals surface area contributed by atoms with Crippen molar-refractivity contribution in [1.82, 2.24) is 9.97 Å². The third-order valence-corrected chi connectivity index (χ3v) is 5.87. The molecular weight excluding hydrogens is 438 g/mol. The van der Waals surface area contributed by atoms with Gasteiger partial charge in [0.25, 0.3) is 0 Å². The summed E-state index contributed by atoms with van der Waals surface area (Å²) >= 11 is 0. The van der Waals surface area contributed by atoms with Crippen molar-refractivity contribution in [3.8, 4) is 22.8 Å². The van der Waals surface area contributed by atoms with Crippen molar-refractivity contribution in [3.05, 3.63) is 96.3 Å². The minimum atomic E-state index is -1.00. The highest BCUT2D eigenvalue weighted by atomic mass is 16.5. The first kappa shape index (κ1) is 24.0. The molecule has 0 spiro atoms. The Bertz CT molecular complexity index is 1330. The maximum atomic E-state index is 11.6. The van der Waals surface area contributed by atoms with E-state index in [1.165, 1.54) is 0 Å². The third-order valence-electron chi connectivity index (χ3n) is 5.87. The van der Waals surface area contributed by atoms with Crippen LogP contribution in [0.4, 0.5) is 11.5 Å². The average Bonchev–Trinajstić information content (AvgIpc) is 2.85. The molecule has 0 aliphatic rings. The van der Waals surface area contributed by atoms with Gasteiger partial charge in [-0.15, -0.1) is 0 Å². The number of pyridine rings is 2. The van der Waals surface area contributed by atoms with Crippen LogP contribution in [0.3, 0.4) is 0 Å². The van der Waals surface area contributed by atoms with Crippen LogP contribution in [0, 0.1) is 0 Å². The average molecular weight is 468 g/mol. The lowest BCUT2D eigenvalue weighted by Gasteiger charge is -2.20. The van der Waals surface area contributed by atoms with Gasteiger partial charge in [0.05, 0.1) is 5.41 Å². The molecule has 35 heavy (non-hydrogen) atoms. The van der Waals surface area contributed by atoms with Gasteiger partial charge in [-0.05, 0) is 55.7 Å². The van der Waals surface area contributed by atoms with E-state index in [9.17, 15) is 9.90 Å². The van der Waals surface area contributed by atoms with Crippen LogP contribution in [0.15, 0.2) is 85.1 Å². The van der Waals surface area contributed by atoms with Gasteiger partial charge >= 0.3 is 5.97 Å². The molecule has 178 valence electrons. The highest BCUT2D eigenvalue weighted by Crippen LogP contribution is 2.34. The van der Waals surface area contributed by atoms with Gasteiger partial charge in [0, 0.05) is 29.2 Å². The summed E-state index contributed by atoms with van der Waals surface area (Å²) < 4.78 is 6.27. The Labute approximate surface area is 205 Å². The first-order chi connectivity index (χ1) is 16.7. The highest BCUT2D eigenvalue weighted by molar-refractivity contribution is 5.81. The molecule has 4 aromatic rings. The Morgan fingerprint density at radius 2 is 1.74 bits per heavy atom. The summed E-state index contributed by atoms with van der Waals surface area (Å²) in [5.41, 5.74) is 3.21. The minimum absolute atomic E-state index is 0.296. The van der Waals surface area contributed by atoms with Crippen LogP contribution < -0.4 is 10.1 Å². The van der Waals surface area contributed by atoms with Crippen LogP contribution in [0.25, 0.3) is 11.3 Å². The number of nitrogens with one attached hydrogen (secondary N) is 1. The van der Waals surface area contributed by atoms with E-state index in [1.54, 1.807) is 32.2 Å². The topological polar surface area (TPSA) is 84.3 Å². The number of ether oxygens (including phenoxy) is 1. The van der Waals surface area contributed by atoms with Crippen molar-refractivity contribution in [1.29, 1.82) is 0 Å². The smallest absolute Gasteiger partial charge is 0.313 e. The number of carbonyl (C=O) groups is 1. The van der Waals surface area contributed by atoms with E-state index in [2.05, 4.69) is 24.1 Å². The molecule has 2 N–H and O–H groups in total. The van der Waals surface area contributed by atoms with E-state index in [-0.39, 0.29) is 0 Å². The van der Waals surface area contributed by atoms with Crippen molar-refractivity contribution in [2.24, 2.45) is 0 Å². The van der Waals surface area contributed by atoms with E-state index in [4.69, 9.17) is 9.72 Å². The summed E-state index contributed by atoms with van der Waals surface area (Å²) in [6, 6.07) is 24.9. The second-order valence-electron chi connectivity index (χ2n) is 9.22. The second kappa shape index (κ2) is 9.97. The quantitative estimate of drug-likeness (QED) is 0.286. The van der Waals surface area contributed by atoms with E-state index in [1.807, 2.05) is 66.7 Å². The molecule has 0 amide bonds. The summed E-state index contributed by atoms with van der Waals surface area (Å²) in [6.07, 6.45) is 1.67. The van der Waals surface area contributed by atoms with Gasteiger partial charge in [0.2, 0.25) is 0 Å². The molecule has 0 bridgehead atoms. The minimum Gasteiger partial charge on any atom is -0.481 e. The van der Waals surface area contributed by atoms with Gasteiger partial charge in [0.15, 0.2) is 5.75 Å². The Kier molecular flexibility index (Phi) is 6.82. The summed E-state index contributed by atoms with van der Waals surface area (Å²) in [5.74, 6) is 1.27. The van der Waals surface area contributed by atoms with Crippen molar-refractivity contribution in [3.63, 3.8) is 0 Å². The predicted octanol–water partition coefficient (Wildman–Crippen LogP) is 7.17. The zero-order valence-electron chi connectivity index (χ0n) is 20.3. The number of rotatable bonds is 8. The number of aliphatic carboxylic acids is 1. The van der Waals surface area contributed by atoms with Gasteiger partial charge in [-0.2, -0.15) is 0 Å². The standard InChI is InChI=1S/C29H29N3O3/c1-19(2)24-13-14-25(27(32-24)20-9-6-5-7-10-20)35-23-15-16-30-26(18-23)31-22-12-8-11-21(17-22)29(3,4)28(33)34/h5-19H,1-4H3,(H,30,31)(H,33,34). The molecule has 2 aromatic carbocycles. The Balaban J connectivity index is 1.61. The number of carboxylic acid groups (broad SMARTS) is 1. The third kappa shape index (κ3) is 5.49. The first-order valence-corrected chi connectivity index (χ1v) is 11.6. The van der Waals surface area contributed by atoms with E-state index < -0.39 is 11.4 Å². The van der Waals surface area contributed by atoms with Gasteiger partial charge in [-0.3, -0.25) is 4.79 Å². The number of anilines is 2. The highest BCUT2D eigenvalue weighted by Gasteiger charge is 2.29. The molecule has 0 saturated heterocycles. The fraction of sp³-hybridized carbons (Fsp3) is 0.207. The molecule has 4 rings (SSSR count).